The van der Waals surface area contributed by atoms with Crippen molar-refractivity contribution < 1.29 is 5.11 Å². The molecule has 0 saturated carbocycles. The van der Waals surface area contributed by atoms with Crippen LogP contribution in [0.5, 0.6) is 0 Å². The molecule has 0 aliphatic rings. The van der Waals surface area contributed by atoms with Gasteiger partial charge >= 0.3 is 0 Å². The van der Waals surface area contributed by atoms with Gasteiger partial charge in [0.2, 0.25) is 0 Å². The van der Waals surface area contributed by atoms with Crippen molar-refractivity contribution in [3.63, 3.8) is 0 Å². The highest BCUT2D eigenvalue weighted by Gasteiger charge is 2.25. The summed E-state index contributed by atoms with van der Waals surface area (Å²) < 4.78 is 1.13. The van der Waals surface area contributed by atoms with Crippen LogP contribution >= 0.6 is 11.6 Å². The molecular weight excluding hydrogens is 268 g/mol. The van der Waals surface area contributed by atoms with Crippen molar-refractivity contribution in [1.29, 1.82) is 0 Å². The lowest BCUT2D eigenvalue weighted by molar-refractivity contribution is 0.266. The second kappa shape index (κ2) is 6.88. The summed E-state index contributed by atoms with van der Waals surface area (Å²) in [5, 5.41) is 16.1. The van der Waals surface area contributed by atoms with E-state index in [2.05, 4.69) is 10.4 Å². The predicted octanol–water partition coefficient (Wildman–Crippen LogP) is 0.818. The third-order valence-electron chi connectivity index (χ3n) is 3.44. The average Bonchev–Trinajstić information content (AvgIpc) is 2.44. The molecule has 1 aromatic heterocycles. The SMILES string of the molecule is CCC(CC)(CN)Nc1cnn(CCO)c(=O)c1Cl. The summed E-state index contributed by atoms with van der Waals surface area (Å²) in [6.07, 6.45) is 3.13. The second-order valence-corrected chi connectivity index (χ2v) is 4.82. The van der Waals surface area contributed by atoms with Gasteiger partial charge in [-0.05, 0) is 12.8 Å². The Labute approximate surface area is 117 Å². The molecule has 0 aliphatic carbocycles. The number of rotatable bonds is 7. The van der Waals surface area contributed by atoms with Crippen molar-refractivity contribution in [3.8, 4) is 0 Å². The Bertz CT molecular complexity index is 463. The molecule has 0 bridgehead atoms. The molecule has 108 valence electrons. The minimum Gasteiger partial charge on any atom is -0.394 e. The van der Waals surface area contributed by atoms with E-state index in [-0.39, 0.29) is 23.7 Å². The van der Waals surface area contributed by atoms with Gasteiger partial charge in [0, 0.05) is 12.1 Å². The van der Waals surface area contributed by atoms with Crippen LogP contribution in [0.25, 0.3) is 0 Å². The number of nitrogens with one attached hydrogen (secondary N) is 1. The van der Waals surface area contributed by atoms with Gasteiger partial charge in [0.1, 0.15) is 5.02 Å². The molecule has 0 saturated heterocycles. The van der Waals surface area contributed by atoms with E-state index >= 15 is 0 Å². The summed E-state index contributed by atoms with van der Waals surface area (Å²) >= 11 is 6.05. The van der Waals surface area contributed by atoms with Crippen molar-refractivity contribution in [2.45, 2.75) is 38.8 Å². The normalized spacial score (nSPS) is 11.6. The van der Waals surface area contributed by atoms with Crippen LogP contribution in [-0.2, 0) is 6.54 Å². The molecular formula is C12H21ClN4O2. The quantitative estimate of drug-likeness (QED) is 0.691. The van der Waals surface area contributed by atoms with Gasteiger partial charge in [0.25, 0.3) is 5.56 Å². The fourth-order valence-electron chi connectivity index (χ4n) is 1.86. The molecule has 1 aromatic rings. The van der Waals surface area contributed by atoms with E-state index in [4.69, 9.17) is 22.4 Å². The van der Waals surface area contributed by atoms with Crippen molar-refractivity contribution in [2.24, 2.45) is 5.73 Å². The number of hydrogen-bond donors (Lipinski definition) is 3. The topological polar surface area (TPSA) is 93.2 Å². The van der Waals surface area contributed by atoms with Gasteiger partial charge < -0.3 is 16.2 Å². The highest BCUT2D eigenvalue weighted by molar-refractivity contribution is 6.32. The summed E-state index contributed by atoms with van der Waals surface area (Å²) in [7, 11) is 0. The highest BCUT2D eigenvalue weighted by Crippen LogP contribution is 2.24. The van der Waals surface area contributed by atoms with Gasteiger partial charge in [-0.25, -0.2) is 4.68 Å². The van der Waals surface area contributed by atoms with Crippen LogP contribution in [0.1, 0.15) is 26.7 Å². The van der Waals surface area contributed by atoms with Gasteiger partial charge in [0.05, 0.1) is 25.0 Å². The number of hydrogen-bond acceptors (Lipinski definition) is 5. The number of nitrogens with zero attached hydrogens (tertiary/aromatic N) is 2. The fourth-order valence-corrected chi connectivity index (χ4v) is 2.05. The Morgan fingerprint density at radius 2 is 2.16 bits per heavy atom. The smallest absolute Gasteiger partial charge is 0.287 e. The number of aromatic nitrogens is 2. The summed E-state index contributed by atoms with van der Waals surface area (Å²) in [4.78, 5) is 11.9. The van der Waals surface area contributed by atoms with Crippen LogP contribution in [0, 0.1) is 0 Å². The van der Waals surface area contributed by atoms with Crippen molar-refractivity contribution >= 4 is 17.3 Å². The Morgan fingerprint density at radius 3 is 2.63 bits per heavy atom. The molecule has 4 N–H and O–H groups in total. The monoisotopic (exact) mass is 288 g/mol. The molecule has 0 atom stereocenters. The Morgan fingerprint density at radius 1 is 1.53 bits per heavy atom. The number of aliphatic hydroxyl groups is 1. The number of aliphatic hydroxyl groups excluding tert-OH is 1. The first-order valence-corrected chi connectivity index (χ1v) is 6.76. The average molecular weight is 289 g/mol. The number of anilines is 1. The zero-order valence-electron chi connectivity index (χ0n) is 11.3. The lowest BCUT2D eigenvalue weighted by atomic mass is 9.93. The van der Waals surface area contributed by atoms with Gasteiger partial charge in [-0.1, -0.05) is 25.4 Å². The first kappa shape index (κ1) is 15.9. The zero-order chi connectivity index (χ0) is 14.5. The highest BCUT2D eigenvalue weighted by atomic mass is 35.5. The van der Waals surface area contributed by atoms with Crippen LogP contribution < -0.4 is 16.6 Å². The lowest BCUT2D eigenvalue weighted by Gasteiger charge is -2.32. The standard InChI is InChI=1S/C12H21ClN4O2/c1-3-12(4-2,8-14)16-9-7-15-17(5-6-18)11(19)10(9)13/h7,16,18H,3-6,8,14H2,1-2H3. The molecule has 7 heteroatoms. The first-order chi connectivity index (χ1) is 9.03. The summed E-state index contributed by atoms with van der Waals surface area (Å²) in [5.74, 6) is 0. The van der Waals surface area contributed by atoms with Crippen LogP contribution in [-0.4, -0.2) is 33.6 Å². The van der Waals surface area contributed by atoms with Crippen molar-refractivity contribution in [2.75, 3.05) is 18.5 Å². The number of halogens is 1. The lowest BCUT2D eigenvalue weighted by Crippen LogP contribution is -2.45. The third kappa shape index (κ3) is 3.46. The molecule has 0 fully saturated rings. The fraction of sp³-hybridized carbons (Fsp3) is 0.667. The first-order valence-electron chi connectivity index (χ1n) is 6.38. The minimum atomic E-state index is -0.418. The molecule has 6 nitrogen and oxygen atoms in total. The molecule has 1 rings (SSSR count). The van der Waals surface area contributed by atoms with Gasteiger partial charge in [0.15, 0.2) is 0 Å². The zero-order valence-corrected chi connectivity index (χ0v) is 12.1. The van der Waals surface area contributed by atoms with Crippen LogP contribution in [0.3, 0.4) is 0 Å². The largest absolute Gasteiger partial charge is 0.394 e. The molecule has 19 heavy (non-hydrogen) atoms. The van der Waals surface area contributed by atoms with Crippen LogP contribution in [0.4, 0.5) is 5.69 Å². The molecule has 0 aromatic carbocycles. The molecule has 0 unspecified atom stereocenters. The van der Waals surface area contributed by atoms with Gasteiger partial charge in [-0.3, -0.25) is 4.79 Å². The maximum absolute atomic E-state index is 11.9. The van der Waals surface area contributed by atoms with E-state index in [0.29, 0.717) is 12.2 Å². The van der Waals surface area contributed by atoms with E-state index in [0.717, 1.165) is 17.5 Å². The van der Waals surface area contributed by atoms with E-state index in [1.807, 2.05) is 13.8 Å². The van der Waals surface area contributed by atoms with E-state index in [1.165, 1.54) is 6.20 Å². The Hall–Kier alpha value is -1.11. The second-order valence-electron chi connectivity index (χ2n) is 4.44. The van der Waals surface area contributed by atoms with Crippen LogP contribution in [0.2, 0.25) is 5.02 Å². The van der Waals surface area contributed by atoms with E-state index in [1.54, 1.807) is 0 Å². The predicted molar refractivity (Wildman–Crippen MR) is 76.6 cm³/mol. The molecule has 0 spiro atoms. The molecule has 0 aliphatic heterocycles. The van der Waals surface area contributed by atoms with Crippen LogP contribution in [0.15, 0.2) is 11.0 Å². The molecule has 1 heterocycles. The maximum atomic E-state index is 11.9. The van der Waals surface area contributed by atoms with Crippen molar-refractivity contribution in [1.82, 2.24) is 9.78 Å². The summed E-state index contributed by atoms with van der Waals surface area (Å²) in [6, 6.07) is 0. The molecule has 0 amide bonds. The minimum absolute atomic E-state index is 0.0724. The number of nitrogens with two attached hydrogens (primary N) is 1. The van der Waals surface area contributed by atoms with Crippen molar-refractivity contribution in [3.05, 3.63) is 21.6 Å². The van der Waals surface area contributed by atoms with Gasteiger partial charge in [-0.2, -0.15) is 5.10 Å². The maximum Gasteiger partial charge on any atom is 0.287 e. The Balaban J connectivity index is 3.09. The summed E-state index contributed by atoms with van der Waals surface area (Å²) in [6.45, 7) is 4.46. The Kier molecular flexibility index (Phi) is 5.78. The van der Waals surface area contributed by atoms with Gasteiger partial charge in [-0.15, -0.1) is 0 Å². The van der Waals surface area contributed by atoms with E-state index < -0.39 is 5.56 Å². The summed E-state index contributed by atoms with van der Waals surface area (Å²) in [5.41, 5.74) is 5.57. The van der Waals surface area contributed by atoms with E-state index in [9.17, 15) is 4.79 Å². The third-order valence-corrected chi connectivity index (χ3v) is 3.81. The molecule has 0 radical (unpaired) electrons.